The average molecular weight is 435 g/mol. The lowest BCUT2D eigenvalue weighted by molar-refractivity contribution is -0.137. The normalized spacial score (nSPS) is 11.3. The number of nitrogens with zero attached hydrogens (tertiary/aromatic N) is 2. The highest BCUT2D eigenvalue weighted by molar-refractivity contribution is 6.05. The average Bonchev–Trinajstić information content (AvgIpc) is 3.19. The summed E-state index contributed by atoms with van der Waals surface area (Å²) in [5, 5.41) is 6.67. The van der Waals surface area contributed by atoms with Gasteiger partial charge in [-0.1, -0.05) is 18.2 Å². The molecule has 0 unspecified atom stereocenters. The summed E-state index contributed by atoms with van der Waals surface area (Å²) in [6.45, 7) is 0.320. The number of carbonyl (C=O) groups is 1. The number of ether oxygens (including phenoxy) is 3. The Morgan fingerprint density at radius 1 is 1.06 bits per heavy atom. The molecule has 0 radical (unpaired) electrons. The molecule has 1 amide bonds. The van der Waals surface area contributed by atoms with Crippen molar-refractivity contribution in [2.75, 3.05) is 32.8 Å². The number of methoxy groups -OCH3 is 2. The summed E-state index contributed by atoms with van der Waals surface area (Å²) in [6, 6.07) is 11.8. The summed E-state index contributed by atoms with van der Waals surface area (Å²) >= 11 is 0. The Bertz CT molecular complexity index is 1040. The quantitative estimate of drug-likeness (QED) is 0.538. The number of aromatic nitrogens is 2. The molecule has 3 aromatic rings. The highest BCUT2D eigenvalue weighted by atomic mass is 19.4. The molecule has 1 N–H and O–H groups in total. The number of hydrogen-bond acceptors (Lipinski definition) is 5. The molecule has 0 aliphatic heterocycles. The lowest BCUT2D eigenvalue weighted by atomic mass is 10.1. The first-order valence-electron chi connectivity index (χ1n) is 9.17. The zero-order chi connectivity index (χ0) is 22.4. The maximum absolute atomic E-state index is 13.2. The molecular weight excluding hydrogens is 415 g/mol. The van der Waals surface area contributed by atoms with E-state index in [0.717, 1.165) is 18.2 Å². The van der Waals surface area contributed by atoms with Crippen molar-refractivity contribution < 1.29 is 32.2 Å². The first-order valence-corrected chi connectivity index (χ1v) is 9.17. The third-order valence-electron chi connectivity index (χ3n) is 4.24. The van der Waals surface area contributed by atoms with Crippen LogP contribution in [0.3, 0.4) is 0 Å². The van der Waals surface area contributed by atoms with Crippen LogP contribution in [0.1, 0.15) is 16.1 Å². The lowest BCUT2D eigenvalue weighted by Crippen LogP contribution is -2.16. The molecule has 7 nitrogen and oxygen atoms in total. The predicted octanol–water partition coefficient (Wildman–Crippen LogP) is 4.18. The van der Waals surface area contributed by atoms with Gasteiger partial charge in [0.25, 0.3) is 5.91 Å². The molecule has 0 aliphatic carbocycles. The highest BCUT2D eigenvalue weighted by Crippen LogP contribution is 2.35. The molecule has 1 aromatic heterocycles. The van der Waals surface area contributed by atoms with Crippen molar-refractivity contribution in [3.63, 3.8) is 0 Å². The van der Waals surface area contributed by atoms with E-state index in [0.29, 0.717) is 5.69 Å². The fourth-order valence-corrected chi connectivity index (χ4v) is 2.72. The van der Waals surface area contributed by atoms with Crippen LogP contribution in [0, 0.1) is 0 Å². The second-order valence-corrected chi connectivity index (χ2v) is 6.33. The fourth-order valence-electron chi connectivity index (χ4n) is 2.72. The van der Waals surface area contributed by atoms with Crippen molar-refractivity contribution in [1.29, 1.82) is 0 Å². The first kappa shape index (κ1) is 22.2. The van der Waals surface area contributed by atoms with Crippen LogP contribution in [-0.4, -0.2) is 43.1 Å². The number of rotatable bonds is 8. The third kappa shape index (κ3) is 5.34. The molecule has 3 rings (SSSR count). The summed E-state index contributed by atoms with van der Waals surface area (Å²) in [6.07, 6.45) is -3.08. The van der Waals surface area contributed by atoms with Crippen molar-refractivity contribution in [3.05, 3.63) is 66.0 Å². The van der Waals surface area contributed by atoms with E-state index < -0.39 is 17.6 Å². The zero-order valence-electron chi connectivity index (χ0n) is 16.8. The second-order valence-electron chi connectivity index (χ2n) is 6.33. The Hall–Kier alpha value is -3.53. The Labute approximate surface area is 176 Å². The number of benzene rings is 2. The Morgan fingerprint density at radius 3 is 2.45 bits per heavy atom. The number of alkyl halides is 3. The maximum Gasteiger partial charge on any atom is 0.416 e. The maximum atomic E-state index is 13.2. The van der Waals surface area contributed by atoms with E-state index in [-0.39, 0.29) is 36.1 Å². The molecule has 0 saturated heterocycles. The third-order valence-corrected chi connectivity index (χ3v) is 4.24. The molecule has 0 bridgehead atoms. The molecule has 1 heterocycles. The molecule has 164 valence electrons. The van der Waals surface area contributed by atoms with Crippen molar-refractivity contribution in [1.82, 2.24) is 9.78 Å². The van der Waals surface area contributed by atoms with Gasteiger partial charge in [0.1, 0.15) is 12.4 Å². The zero-order valence-corrected chi connectivity index (χ0v) is 16.8. The topological polar surface area (TPSA) is 74.6 Å². The molecule has 10 heteroatoms. The van der Waals surface area contributed by atoms with E-state index in [2.05, 4.69) is 10.4 Å². The Kier molecular flexibility index (Phi) is 6.81. The molecule has 0 saturated carbocycles. The van der Waals surface area contributed by atoms with Gasteiger partial charge in [0.2, 0.25) is 0 Å². The van der Waals surface area contributed by atoms with Crippen molar-refractivity contribution in [2.24, 2.45) is 0 Å². The van der Waals surface area contributed by atoms with Crippen molar-refractivity contribution in [2.45, 2.75) is 6.18 Å². The van der Waals surface area contributed by atoms with Gasteiger partial charge < -0.3 is 19.5 Å². The van der Waals surface area contributed by atoms with Gasteiger partial charge in [0.05, 0.1) is 36.9 Å². The minimum atomic E-state index is -4.59. The fraction of sp³-hybridized carbons (Fsp3) is 0.238. The van der Waals surface area contributed by atoms with Gasteiger partial charge in [0, 0.05) is 7.11 Å². The van der Waals surface area contributed by atoms with E-state index in [1.54, 1.807) is 24.3 Å². The minimum absolute atomic E-state index is 0.0693. The monoisotopic (exact) mass is 435 g/mol. The van der Waals surface area contributed by atoms with Gasteiger partial charge in [-0.25, -0.2) is 4.68 Å². The second kappa shape index (κ2) is 9.52. The van der Waals surface area contributed by atoms with E-state index in [9.17, 15) is 18.0 Å². The van der Waals surface area contributed by atoms with Gasteiger partial charge in [-0.15, -0.1) is 0 Å². The molecular formula is C21H20F3N3O4. The summed E-state index contributed by atoms with van der Waals surface area (Å²) in [5.41, 5.74) is -0.481. The largest absolute Gasteiger partial charge is 0.493 e. The Morgan fingerprint density at radius 2 is 1.81 bits per heavy atom. The molecule has 0 fully saturated rings. The molecule has 0 aliphatic rings. The van der Waals surface area contributed by atoms with Crippen LogP contribution in [0.2, 0.25) is 0 Å². The lowest BCUT2D eigenvalue weighted by Gasteiger charge is -2.15. The van der Waals surface area contributed by atoms with Gasteiger partial charge in [-0.2, -0.15) is 18.3 Å². The Balaban J connectivity index is 1.92. The van der Waals surface area contributed by atoms with Gasteiger partial charge in [0.15, 0.2) is 11.4 Å². The van der Waals surface area contributed by atoms with Crippen LogP contribution in [0.5, 0.6) is 11.5 Å². The van der Waals surface area contributed by atoms with Gasteiger partial charge in [-0.05, 0) is 30.3 Å². The van der Waals surface area contributed by atoms with Crippen LogP contribution in [0.25, 0.3) is 5.69 Å². The number of hydrogen-bond donors (Lipinski definition) is 1. The molecule has 0 spiro atoms. The number of anilines is 1. The summed E-state index contributed by atoms with van der Waals surface area (Å²) in [4.78, 5) is 12.9. The summed E-state index contributed by atoms with van der Waals surface area (Å²) in [7, 11) is 2.83. The minimum Gasteiger partial charge on any atom is -0.493 e. The van der Waals surface area contributed by atoms with Crippen molar-refractivity contribution >= 4 is 11.6 Å². The molecule has 31 heavy (non-hydrogen) atoms. The number of amides is 1. The number of para-hydroxylation sites is 1. The standard InChI is InChI=1S/C21H20F3N3O4/c1-29-10-11-31-17-9-8-14(21(22,23)24)12-16(17)25-20(28)19-18(30-2)13-27(26-19)15-6-4-3-5-7-15/h3-9,12-13H,10-11H2,1-2H3,(H,25,28). The summed E-state index contributed by atoms with van der Waals surface area (Å²) < 4.78 is 56.5. The van der Waals surface area contributed by atoms with Crippen LogP contribution >= 0.6 is 0 Å². The van der Waals surface area contributed by atoms with E-state index >= 15 is 0 Å². The van der Waals surface area contributed by atoms with Gasteiger partial charge >= 0.3 is 6.18 Å². The van der Waals surface area contributed by atoms with Crippen LogP contribution < -0.4 is 14.8 Å². The number of nitrogens with one attached hydrogen (secondary N) is 1. The smallest absolute Gasteiger partial charge is 0.416 e. The SMILES string of the molecule is COCCOc1ccc(C(F)(F)F)cc1NC(=O)c1nn(-c2ccccc2)cc1OC. The van der Waals surface area contributed by atoms with E-state index in [4.69, 9.17) is 14.2 Å². The van der Waals surface area contributed by atoms with Crippen molar-refractivity contribution in [3.8, 4) is 17.2 Å². The molecule has 2 aromatic carbocycles. The highest BCUT2D eigenvalue weighted by Gasteiger charge is 2.31. The number of halogens is 3. The van der Waals surface area contributed by atoms with Gasteiger partial charge in [-0.3, -0.25) is 4.79 Å². The van der Waals surface area contributed by atoms with Crippen LogP contribution in [0.4, 0.5) is 18.9 Å². The first-order chi connectivity index (χ1) is 14.8. The van der Waals surface area contributed by atoms with Crippen LogP contribution in [-0.2, 0) is 10.9 Å². The predicted molar refractivity (Wildman–Crippen MR) is 107 cm³/mol. The molecule has 0 atom stereocenters. The number of carbonyl (C=O) groups excluding carboxylic acids is 1. The van der Waals surface area contributed by atoms with E-state index in [1.165, 1.54) is 25.1 Å². The van der Waals surface area contributed by atoms with Crippen LogP contribution in [0.15, 0.2) is 54.7 Å². The summed E-state index contributed by atoms with van der Waals surface area (Å²) in [5.74, 6) is -0.516. The van der Waals surface area contributed by atoms with E-state index in [1.807, 2.05) is 6.07 Å².